The Bertz CT molecular complexity index is 224. The van der Waals surface area contributed by atoms with Crippen molar-refractivity contribution in [3.8, 4) is 0 Å². The monoisotopic (exact) mass is 208 g/mol. The molecular weight excluding hydrogens is 193 g/mol. The van der Waals surface area contributed by atoms with Gasteiger partial charge in [0.15, 0.2) is 0 Å². The van der Waals surface area contributed by atoms with Crippen molar-refractivity contribution in [2.45, 2.75) is 44.4 Å². The maximum absolute atomic E-state index is 12.3. The van der Waals surface area contributed by atoms with Gasteiger partial charge in [0.25, 0.3) is 0 Å². The summed E-state index contributed by atoms with van der Waals surface area (Å²) in [5, 5.41) is 9.77. The first kappa shape index (κ1) is 11.6. The van der Waals surface area contributed by atoms with Gasteiger partial charge in [-0.15, -0.1) is 0 Å². The summed E-state index contributed by atoms with van der Waals surface area (Å²) < 4.78 is 36.9. The van der Waals surface area contributed by atoms with Gasteiger partial charge in [0, 0.05) is 0 Å². The van der Waals surface area contributed by atoms with Crippen molar-refractivity contribution < 1.29 is 18.3 Å². The van der Waals surface area contributed by atoms with Crippen LogP contribution in [0.4, 0.5) is 13.2 Å². The largest absolute Gasteiger partial charge is 0.414 e. The fraction of sp³-hybridized carbons (Fsp3) is 0.800. The first-order valence-corrected chi connectivity index (χ1v) is 4.75. The molecule has 14 heavy (non-hydrogen) atoms. The molecule has 0 radical (unpaired) electrons. The fourth-order valence-corrected chi connectivity index (χ4v) is 1.81. The molecule has 0 aliphatic heterocycles. The van der Waals surface area contributed by atoms with E-state index < -0.39 is 17.4 Å². The molecule has 1 rings (SSSR count). The molecule has 0 aromatic carbocycles. The molecule has 0 unspecified atom stereocenters. The van der Waals surface area contributed by atoms with Gasteiger partial charge in [0.2, 0.25) is 0 Å². The molecule has 1 N–H and O–H groups in total. The zero-order valence-corrected chi connectivity index (χ0v) is 8.19. The smallest absolute Gasteiger partial charge is 0.385 e. The first-order valence-electron chi connectivity index (χ1n) is 4.75. The Balaban J connectivity index is 2.72. The van der Waals surface area contributed by atoms with Crippen LogP contribution in [0.15, 0.2) is 12.2 Å². The van der Waals surface area contributed by atoms with E-state index in [0.29, 0.717) is 18.8 Å². The van der Waals surface area contributed by atoms with E-state index in [1.54, 1.807) is 0 Å². The number of halogens is 3. The van der Waals surface area contributed by atoms with Gasteiger partial charge >= 0.3 is 6.18 Å². The van der Waals surface area contributed by atoms with Gasteiger partial charge in [0.05, 0.1) is 11.2 Å². The minimum Gasteiger partial charge on any atom is -0.385 e. The molecule has 0 bridgehead atoms. The standard InChI is InChI=1S/C10H15F3O/c1-7-3-5-9(14,6-4-7)8(2)10(11,12)13/h7,14H,2-6H2,1H3. The number of alkyl halides is 3. The second kappa shape index (κ2) is 3.57. The highest BCUT2D eigenvalue weighted by Crippen LogP contribution is 2.42. The van der Waals surface area contributed by atoms with Gasteiger partial charge in [-0.2, -0.15) is 13.2 Å². The van der Waals surface area contributed by atoms with Crippen molar-refractivity contribution in [1.82, 2.24) is 0 Å². The Morgan fingerprint density at radius 3 is 2.14 bits per heavy atom. The second-order valence-corrected chi connectivity index (χ2v) is 4.19. The lowest BCUT2D eigenvalue weighted by atomic mass is 9.76. The Morgan fingerprint density at radius 1 is 1.36 bits per heavy atom. The van der Waals surface area contributed by atoms with Crippen LogP contribution in [0, 0.1) is 5.92 Å². The third-order valence-electron chi connectivity index (χ3n) is 3.01. The highest BCUT2D eigenvalue weighted by molar-refractivity contribution is 5.18. The average molecular weight is 208 g/mol. The predicted molar refractivity (Wildman–Crippen MR) is 47.8 cm³/mol. The molecule has 0 heterocycles. The highest BCUT2D eigenvalue weighted by atomic mass is 19.4. The third-order valence-corrected chi connectivity index (χ3v) is 3.01. The van der Waals surface area contributed by atoms with E-state index in [2.05, 4.69) is 6.58 Å². The molecule has 1 fully saturated rings. The van der Waals surface area contributed by atoms with Crippen LogP contribution in [0.1, 0.15) is 32.6 Å². The quantitative estimate of drug-likeness (QED) is 0.656. The van der Waals surface area contributed by atoms with Crippen molar-refractivity contribution in [3.05, 3.63) is 12.2 Å². The maximum atomic E-state index is 12.3. The number of hydrogen-bond acceptors (Lipinski definition) is 1. The first-order chi connectivity index (χ1) is 6.26. The van der Waals surface area contributed by atoms with E-state index in [4.69, 9.17) is 0 Å². The molecule has 0 amide bonds. The van der Waals surface area contributed by atoms with Crippen LogP contribution < -0.4 is 0 Å². The van der Waals surface area contributed by atoms with E-state index >= 15 is 0 Å². The van der Waals surface area contributed by atoms with E-state index in [1.807, 2.05) is 6.92 Å². The van der Waals surface area contributed by atoms with Gasteiger partial charge < -0.3 is 5.11 Å². The Morgan fingerprint density at radius 2 is 1.79 bits per heavy atom. The Hall–Kier alpha value is -0.510. The lowest BCUT2D eigenvalue weighted by Crippen LogP contribution is -2.40. The molecule has 0 aromatic rings. The lowest BCUT2D eigenvalue weighted by Gasteiger charge is -2.36. The van der Waals surface area contributed by atoms with E-state index in [1.165, 1.54) is 0 Å². The molecule has 82 valence electrons. The van der Waals surface area contributed by atoms with Gasteiger partial charge in [-0.3, -0.25) is 0 Å². The van der Waals surface area contributed by atoms with Gasteiger partial charge in [-0.1, -0.05) is 13.5 Å². The Labute approximate surface area is 81.6 Å². The molecule has 0 aromatic heterocycles. The van der Waals surface area contributed by atoms with Gasteiger partial charge in [-0.05, 0) is 31.6 Å². The summed E-state index contributed by atoms with van der Waals surface area (Å²) in [6.07, 6.45) is -2.87. The van der Waals surface area contributed by atoms with Crippen molar-refractivity contribution in [1.29, 1.82) is 0 Å². The van der Waals surface area contributed by atoms with Crippen molar-refractivity contribution >= 4 is 0 Å². The summed E-state index contributed by atoms with van der Waals surface area (Å²) in [5.74, 6) is 0.399. The van der Waals surface area contributed by atoms with Crippen molar-refractivity contribution in [2.75, 3.05) is 0 Å². The van der Waals surface area contributed by atoms with Gasteiger partial charge in [-0.25, -0.2) is 0 Å². The molecule has 1 nitrogen and oxygen atoms in total. The molecule has 1 saturated carbocycles. The fourth-order valence-electron chi connectivity index (χ4n) is 1.81. The zero-order valence-electron chi connectivity index (χ0n) is 8.19. The third kappa shape index (κ3) is 2.29. The lowest BCUT2D eigenvalue weighted by molar-refractivity contribution is -0.127. The number of hydrogen-bond donors (Lipinski definition) is 1. The van der Waals surface area contributed by atoms with E-state index in [9.17, 15) is 18.3 Å². The van der Waals surface area contributed by atoms with Gasteiger partial charge in [0.1, 0.15) is 0 Å². The summed E-state index contributed by atoms with van der Waals surface area (Å²) >= 11 is 0. The van der Waals surface area contributed by atoms with E-state index in [0.717, 1.165) is 0 Å². The minimum absolute atomic E-state index is 0.173. The molecule has 0 saturated heterocycles. The van der Waals surface area contributed by atoms with Crippen LogP contribution in [0.25, 0.3) is 0 Å². The normalized spacial score (nSPS) is 34.2. The summed E-state index contributed by atoms with van der Waals surface area (Å²) in [4.78, 5) is 0. The average Bonchev–Trinajstić information content (AvgIpc) is 2.08. The minimum atomic E-state index is -4.48. The maximum Gasteiger partial charge on any atom is 0.414 e. The summed E-state index contributed by atoms with van der Waals surface area (Å²) in [7, 11) is 0. The molecule has 0 atom stereocenters. The molecule has 1 aliphatic rings. The van der Waals surface area contributed by atoms with Crippen LogP contribution in [0.5, 0.6) is 0 Å². The summed E-state index contributed by atoms with van der Waals surface area (Å²) in [6.45, 7) is 4.95. The SMILES string of the molecule is C=C(C(F)(F)F)C1(O)CCC(C)CC1. The van der Waals surface area contributed by atoms with Crippen LogP contribution in [0.3, 0.4) is 0 Å². The summed E-state index contributed by atoms with van der Waals surface area (Å²) in [6, 6.07) is 0. The number of rotatable bonds is 1. The van der Waals surface area contributed by atoms with Crippen LogP contribution in [0.2, 0.25) is 0 Å². The topological polar surface area (TPSA) is 20.2 Å². The van der Waals surface area contributed by atoms with Crippen LogP contribution in [-0.2, 0) is 0 Å². The van der Waals surface area contributed by atoms with Crippen molar-refractivity contribution in [2.24, 2.45) is 5.92 Å². The van der Waals surface area contributed by atoms with Crippen LogP contribution in [-0.4, -0.2) is 16.9 Å². The van der Waals surface area contributed by atoms with Crippen LogP contribution >= 0.6 is 0 Å². The van der Waals surface area contributed by atoms with Crippen molar-refractivity contribution in [3.63, 3.8) is 0 Å². The van der Waals surface area contributed by atoms with E-state index in [-0.39, 0.29) is 12.8 Å². The Kier molecular flexibility index (Phi) is 2.95. The molecular formula is C10H15F3O. The second-order valence-electron chi connectivity index (χ2n) is 4.19. The number of aliphatic hydroxyl groups is 1. The molecule has 4 heteroatoms. The molecule has 0 spiro atoms. The predicted octanol–water partition coefficient (Wildman–Crippen LogP) is 3.05. The zero-order chi connectivity index (χ0) is 11.0. The molecule has 1 aliphatic carbocycles. The summed E-state index contributed by atoms with van der Waals surface area (Å²) in [5.41, 5.74) is -2.71. The highest BCUT2D eigenvalue weighted by Gasteiger charge is 2.46.